The second kappa shape index (κ2) is 6.75. The van der Waals surface area contributed by atoms with Crippen LogP contribution in [0.3, 0.4) is 0 Å². The summed E-state index contributed by atoms with van der Waals surface area (Å²) in [7, 11) is 0. The minimum Gasteiger partial charge on any atom is -0.392 e. The second-order valence-corrected chi connectivity index (χ2v) is 5.15. The van der Waals surface area contributed by atoms with Crippen molar-refractivity contribution in [3.63, 3.8) is 0 Å². The highest BCUT2D eigenvalue weighted by molar-refractivity contribution is 6.42. The van der Waals surface area contributed by atoms with Crippen molar-refractivity contribution in [1.29, 1.82) is 0 Å². The molecule has 2 aromatic carbocycles. The molecular weight excluding hydrogens is 297 g/mol. The monoisotopic (exact) mass is 309 g/mol. The molecule has 104 valence electrons. The Morgan fingerprint density at radius 1 is 1.05 bits per heavy atom. The Balaban J connectivity index is 2.03. The van der Waals surface area contributed by atoms with Gasteiger partial charge in [0.15, 0.2) is 0 Å². The summed E-state index contributed by atoms with van der Waals surface area (Å²) in [4.78, 5) is 11.9. The van der Waals surface area contributed by atoms with Crippen molar-refractivity contribution >= 4 is 34.8 Å². The molecule has 5 heteroatoms. The van der Waals surface area contributed by atoms with Crippen LogP contribution in [0.5, 0.6) is 0 Å². The molecule has 0 heterocycles. The molecule has 20 heavy (non-hydrogen) atoms. The van der Waals surface area contributed by atoms with Crippen LogP contribution >= 0.6 is 23.2 Å². The van der Waals surface area contributed by atoms with E-state index in [0.717, 1.165) is 11.1 Å². The average molecular weight is 310 g/mol. The Kier molecular flexibility index (Phi) is 5.01. The van der Waals surface area contributed by atoms with Gasteiger partial charge in [0, 0.05) is 5.69 Å². The van der Waals surface area contributed by atoms with Crippen molar-refractivity contribution in [2.24, 2.45) is 0 Å². The number of anilines is 1. The van der Waals surface area contributed by atoms with E-state index in [0.29, 0.717) is 15.7 Å². The van der Waals surface area contributed by atoms with E-state index in [1.54, 1.807) is 42.5 Å². The third-order valence-electron chi connectivity index (χ3n) is 2.74. The second-order valence-electron chi connectivity index (χ2n) is 4.33. The molecule has 0 aliphatic rings. The molecule has 2 rings (SSSR count). The third-order valence-corrected chi connectivity index (χ3v) is 3.48. The lowest BCUT2D eigenvalue weighted by Gasteiger charge is -2.07. The molecule has 0 saturated carbocycles. The van der Waals surface area contributed by atoms with Crippen molar-refractivity contribution in [2.75, 3.05) is 5.32 Å². The zero-order valence-corrected chi connectivity index (χ0v) is 12.1. The van der Waals surface area contributed by atoms with Gasteiger partial charge < -0.3 is 10.4 Å². The van der Waals surface area contributed by atoms with Crippen LogP contribution < -0.4 is 5.32 Å². The topological polar surface area (TPSA) is 49.3 Å². The Bertz CT molecular complexity index is 629. The lowest BCUT2D eigenvalue weighted by atomic mass is 10.1. The molecule has 0 aliphatic heterocycles. The Morgan fingerprint density at radius 2 is 1.85 bits per heavy atom. The van der Waals surface area contributed by atoms with E-state index < -0.39 is 0 Å². The van der Waals surface area contributed by atoms with Crippen LogP contribution in [0, 0.1) is 0 Å². The number of aliphatic hydroxyl groups excluding tert-OH is 1. The molecule has 0 aromatic heterocycles. The number of aliphatic hydroxyl groups is 1. The normalized spacial score (nSPS) is 10.3. The minimum atomic E-state index is -0.154. The molecule has 0 unspecified atom stereocenters. The molecule has 0 atom stereocenters. The number of hydrogen-bond donors (Lipinski definition) is 2. The zero-order valence-electron chi connectivity index (χ0n) is 10.6. The molecule has 0 aliphatic carbocycles. The molecular formula is C15H13Cl2NO2. The van der Waals surface area contributed by atoms with Gasteiger partial charge in [-0.2, -0.15) is 0 Å². The van der Waals surface area contributed by atoms with Gasteiger partial charge in [-0.15, -0.1) is 0 Å². The minimum absolute atomic E-state index is 0.0590. The molecule has 0 saturated heterocycles. The van der Waals surface area contributed by atoms with Gasteiger partial charge in [0.1, 0.15) is 0 Å². The first-order valence-corrected chi connectivity index (χ1v) is 6.77. The van der Waals surface area contributed by atoms with Crippen LogP contribution in [0.25, 0.3) is 0 Å². The quantitative estimate of drug-likeness (QED) is 0.905. The number of carbonyl (C=O) groups excluding carboxylic acids is 1. The molecule has 2 N–H and O–H groups in total. The fourth-order valence-electron chi connectivity index (χ4n) is 1.79. The van der Waals surface area contributed by atoms with Gasteiger partial charge in [-0.1, -0.05) is 41.4 Å². The highest BCUT2D eigenvalue weighted by Gasteiger charge is 2.06. The lowest BCUT2D eigenvalue weighted by molar-refractivity contribution is -0.115. The van der Waals surface area contributed by atoms with Crippen molar-refractivity contribution < 1.29 is 9.90 Å². The Labute approximate surface area is 127 Å². The Morgan fingerprint density at radius 3 is 2.55 bits per heavy atom. The first-order valence-electron chi connectivity index (χ1n) is 6.02. The third kappa shape index (κ3) is 3.97. The lowest BCUT2D eigenvalue weighted by Crippen LogP contribution is -2.14. The maximum Gasteiger partial charge on any atom is 0.228 e. The van der Waals surface area contributed by atoms with Crippen molar-refractivity contribution in [3.8, 4) is 0 Å². The van der Waals surface area contributed by atoms with Crippen LogP contribution in [0.2, 0.25) is 10.0 Å². The van der Waals surface area contributed by atoms with E-state index in [1.165, 1.54) is 0 Å². The van der Waals surface area contributed by atoms with E-state index >= 15 is 0 Å². The summed E-state index contributed by atoms with van der Waals surface area (Å²) in [5.41, 5.74) is 2.19. The van der Waals surface area contributed by atoms with E-state index in [9.17, 15) is 4.79 Å². The highest BCUT2D eigenvalue weighted by Crippen LogP contribution is 2.23. The standard InChI is InChI=1S/C15H13Cl2NO2/c16-13-5-4-10(7-14(13)17)8-15(20)18-12-3-1-2-11(6-12)9-19/h1-7,19H,8-9H2,(H,18,20). The van der Waals surface area contributed by atoms with E-state index in [1.807, 2.05) is 0 Å². The molecule has 0 bridgehead atoms. The summed E-state index contributed by atoms with van der Waals surface area (Å²) < 4.78 is 0. The number of rotatable bonds is 4. The number of halogens is 2. The largest absolute Gasteiger partial charge is 0.392 e. The van der Waals surface area contributed by atoms with Gasteiger partial charge in [-0.3, -0.25) is 4.79 Å². The van der Waals surface area contributed by atoms with E-state index in [-0.39, 0.29) is 18.9 Å². The fraction of sp³-hybridized carbons (Fsp3) is 0.133. The summed E-state index contributed by atoms with van der Waals surface area (Å²) in [6, 6.07) is 12.2. The number of hydrogen-bond acceptors (Lipinski definition) is 2. The summed E-state index contributed by atoms with van der Waals surface area (Å²) >= 11 is 11.7. The van der Waals surface area contributed by atoms with Crippen LogP contribution in [0.1, 0.15) is 11.1 Å². The first kappa shape index (κ1) is 14.9. The number of benzene rings is 2. The maximum absolute atomic E-state index is 11.9. The number of amides is 1. The molecule has 0 fully saturated rings. The van der Waals surface area contributed by atoms with Gasteiger partial charge in [-0.05, 0) is 35.4 Å². The van der Waals surface area contributed by atoms with Crippen LogP contribution in [0.4, 0.5) is 5.69 Å². The van der Waals surface area contributed by atoms with Gasteiger partial charge >= 0.3 is 0 Å². The molecule has 1 amide bonds. The van der Waals surface area contributed by atoms with Gasteiger partial charge in [-0.25, -0.2) is 0 Å². The highest BCUT2D eigenvalue weighted by atomic mass is 35.5. The van der Waals surface area contributed by atoms with Gasteiger partial charge in [0.25, 0.3) is 0 Å². The zero-order chi connectivity index (χ0) is 14.5. The first-order chi connectivity index (χ1) is 9.58. The van der Waals surface area contributed by atoms with Gasteiger partial charge in [0.2, 0.25) is 5.91 Å². The number of carbonyl (C=O) groups is 1. The summed E-state index contributed by atoms with van der Waals surface area (Å²) in [5, 5.41) is 12.7. The smallest absolute Gasteiger partial charge is 0.228 e. The van der Waals surface area contributed by atoms with E-state index in [4.69, 9.17) is 28.3 Å². The van der Waals surface area contributed by atoms with Crippen molar-refractivity contribution in [1.82, 2.24) is 0 Å². The summed E-state index contributed by atoms with van der Waals surface area (Å²) in [6.07, 6.45) is 0.209. The van der Waals surface area contributed by atoms with E-state index in [2.05, 4.69) is 5.32 Å². The average Bonchev–Trinajstić information content (AvgIpc) is 2.43. The summed E-state index contributed by atoms with van der Waals surface area (Å²) in [5.74, 6) is -0.154. The molecule has 0 radical (unpaired) electrons. The fourth-order valence-corrected chi connectivity index (χ4v) is 2.11. The summed E-state index contributed by atoms with van der Waals surface area (Å²) in [6.45, 7) is -0.0590. The molecule has 3 nitrogen and oxygen atoms in total. The SMILES string of the molecule is O=C(Cc1ccc(Cl)c(Cl)c1)Nc1cccc(CO)c1. The van der Waals surface area contributed by atoms with Crippen LogP contribution in [-0.2, 0) is 17.8 Å². The van der Waals surface area contributed by atoms with Crippen LogP contribution in [-0.4, -0.2) is 11.0 Å². The molecule has 0 spiro atoms. The number of nitrogens with one attached hydrogen (secondary N) is 1. The Hall–Kier alpha value is -1.55. The predicted molar refractivity (Wildman–Crippen MR) is 81.2 cm³/mol. The van der Waals surface area contributed by atoms with Crippen LogP contribution in [0.15, 0.2) is 42.5 Å². The van der Waals surface area contributed by atoms with Crippen molar-refractivity contribution in [2.45, 2.75) is 13.0 Å². The van der Waals surface area contributed by atoms with Crippen molar-refractivity contribution in [3.05, 3.63) is 63.6 Å². The maximum atomic E-state index is 11.9. The van der Waals surface area contributed by atoms with Gasteiger partial charge in [0.05, 0.1) is 23.1 Å². The molecule has 2 aromatic rings. The predicted octanol–water partition coefficient (Wildman–Crippen LogP) is 3.67.